The second-order valence-corrected chi connectivity index (χ2v) is 2.77. The summed E-state index contributed by atoms with van der Waals surface area (Å²) in [5.74, 6) is 0.0531. The SMILES string of the molecule is C=C[C@H](N)c1cccc(CO)c1O. The zero-order chi connectivity index (χ0) is 9.84. The predicted molar refractivity (Wildman–Crippen MR) is 51.2 cm³/mol. The number of aliphatic hydroxyl groups excluding tert-OH is 1. The summed E-state index contributed by atoms with van der Waals surface area (Å²) in [5.41, 5.74) is 6.73. The van der Waals surface area contributed by atoms with Gasteiger partial charge in [-0.15, -0.1) is 6.58 Å². The molecule has 1 atom stereocenters. The molecular weight excluding hydrogens is 166 g/mol. The largest absolute Gasteiger partial charge is 0.507 e. The first-order chi connectivity index (χ1) is 6.20. The standard InChI is InChI=1S/C10H13NO2/c1-2-9(11)8-5-3-4-7(6-12)10(8)13/h2-5,9,12-13H,1,6,11H2/t9-/m0/s1. The van der Waals surface area contributed by atoms with Crippen LogP contribution in [0.4, 0.5) is 0 Å². The lowest BCUT2D eigenvalue weighted by Gasteiger charge is -2.11. The Hall–Kier alpha value is -1.32. The highest BCUT2D eigenvalue weighted by Crippen LogP contribution is 2.27. The van der Waals surface area contributed by atoms with Crippen molar-refractivity contribution in [3.8, 4) is 5.75 Å². The van der Waals surface area contributed by atoms with Gasteiger partial charge in [0.15, 0.2) is 0 Å². The van der Waals surface area contributed by atoms with E-state index in [9.17, 15) is 5.11 Å². The molecule has 13 heavy (non-hydrogen) atoms. The maximum absolute atomic E-state index is 9.60. The molecule has 0 aliphatic rings. The van der Waals surface area contributed by atoms with Crippen LogP contribution in [0, 0.1) is 0 Å². The van der Waals surface area contributed by atoms with Gasteiger partial charge in [0.1, 0.15) is 5.75 Å². The van der Waals surface area contributed by atoms with Crippen LogP contribution in [0.3, 0.4) is 0 Å². The van der Waals surface area contributed by atoms with E-state index in [1.807, 2.05) is 0 Å². The molecule has 4 N–H and O–H groups in total. The van der Waals surface area contributed by atoms with Crippen LogP contribution in [-0.2, 0) is 6.61 Å². The van der Waals surface area contributed by atoms with Crippen molar-refractivity contribution in [3.63, 3.8) is 0 Å². The van der Waals surface area contributed by atoms with Crippen molar-refractivity contribution in [3.05, 3.63) is 42.0 Å². The van der Waals surface area contributed by atoms with Gasteiger partial charge in [-0.2, -0.15) is 0 Å². The van der Waals surface area contributed by atoms with Gasteiger partial charge in [-0.25, -0.2) is 0 Å². The summed E-state index contributed by atoms with van der Waals surface area (Å²) in [7, 11) is 0. The zero-order valence-electron chi connectivity index (χ0n) is 7.27. The van der Waals surface area contributed by atoms with Crippen molar-refractivity contribution in [2.75, 3.05) is 0 Å². The average molecular weight is 179 g/mol. The molecule has 0 spiro atoms. The lowest BCUT2D eigenvalue weighted by Crippen LogP contribution is -2.07. The van der Waals surface area contributed by atoms with E-state index in [0.717, 1.165) is 0 Å². The Morgan fingerprint density at radius 2 is 2.23 bits per heavy atom. The molecule has 0 radical (unpaired) electrons. The molecule has 0 aliphatic heterocycles. The summed E-state index contributed by atoms with van der Waals surface area (Å²) in [4.78, 5) is 0. The van der Waals surface area contributed by atoms with Crippen LogP contribution >= 0.6 is 0 Å². The molecule has 0 bridgehead atoms. The maximum atomic E-state index is 9.60. The monoisotopic (exact) mass is 179 g/mol. The molecule has 0 aromatic heterocycles. The van der Waals surface area contributed by atoms with Crippen molar-refractivity contribution in [1.29, 1.82) is 0 Å². The third kappa shape index (κ3) is 1.88. The smallest absolute Gasteiger partial charge is 0.126 e. The summed E-state index contributed by atoms with van der Waals surface area (Å²) in [6.45, 7) is 3.34. The van der Waals surface area contributed by atoms with Gasteiger partial charge >= 0.3 is 0 Å². The minimum absolute atomic E-state index is 0.0531. The first kappa shape index (κ1) is 9.77. The molecule has 1 rings (SSSR count). The van der Waals surface area contributed by atoms with E-state index in [-0.39, 0.29) is 12.4 Å². The van der Waals surface area contributed by atoms with Crippen LogP contribution in [0.2, 0.25) is 0 Å². The van der Waals surface area contributed by atoms with Gasteiger partial charge in [-0.3, -0.25) is 0 Å². The molecule has 3 heteroatoms. The van der Waals surface area contributed by atoms with E-state index in [1.54, 1.807) is 18.2 Å². The molecular formula is C10H13NO2. The summed E-state index contributed by atoms with van der Waals surface area (Å²) >= 11 is 0. The highest BCUT2D eigenvalue weighted by Gasteiger charge is 2.09. The van der Waals surface area contributed by atoms with Crippen LogP contribution < -0.4 is 5.73 Å². The van der Waals surface area contributed by atoms with Crippen LogP contribution in [0.25, 0.3) is 0 Å². The van der Waals surface area contributed by atoms with Crippen molar-refractivity contribution >= 4 is 0 Å². The van der Waals surface area contributed by atoms with Crippen LogP contribution in [0.15, 0.2) is 30.9 Å². The molecule has 0 unspecified atom stereocenters. The fourth-order valence-corrected chi connectivity index (χ4v) is 1.13. The number of hydrogen-bond donors (Lipinski definition) is 3. The molecule has 0 fully saturated rings. The number of nitrogens with two attached hydrogens (primary N) is 1. The average Bonchev–Trinajstić information content (AvgIpc) is 2.17. The van der Waals surface area contributed by atoms with E-state index < -0.39 is 6.04 Å². The summed E-state index contributed by atoms with van der Waals surface area (Å²) < 4.78 is 0. The van der Waals surface area contributed by atoms with Gasteiger partial charge in [0.25, 0.3) is 0 Å². The van der Waals surface area contributed by atoms with Gasteiger partial charge < -0.3 is 15.9 Å². The number of phenols is 1. The molecule has 1 aromatic carbocycles. The van der Waals surface area contributed by atoms with Crippen LogP contribution in [-0.4, -0.2) is 10.2 Å². The van der Waals surface area contributed by atoms with Crippen molar-refractivity contribution in [2.45, 2.75) is 12.6 Å². The van der Waals surface area contributed by atoms with E-state index in [4.69, 9.17) is 10.8 Å². The van der Waals surface area contributed by atoms with Gasteiger partial charge in [-0.1, -0.05) is 24.3 Å². The van der Waals surface area contributed by atoms with Gasteiger partial charge in [0.2, 0.25) is 0 Å². The Kier molecular flexibility index (Phi) is 3.06. The van der Waals surface area contributed by atoms with Gasteiger partial charge in [0, 0.05) is 11.1 Å². The van der Waals surface area contributed by atoms with Crippen LogP contribution in [0.5, 0.6) is 5.75 Å². The van der Waals surface area contributed by atoms with Gasteiger partial charge in [0.05, 0.1) is 12.6 Å². The first-order valence-corrected chi connectivity index (χ1v) is 4.00. The maximum Gasteiger partial charge on any atom is 0.126 e. The minimum atomic E-state index is -0.397. The van der Waals surface area contributed by atoms with Crippen molar-refractivity contribution in [1.82, 2.24) is 0 Å². The second-order valence-electron chi connectivity index (χ2n) is 2.77. The van der Waals surface area contributed by atoms with Crippen LogP contribution in [0.1, 0.15) is 17.2 Å². The lowest BCUT2D eigenvalue weighted by atomic mass is 10.0. The fraction of sp³-hybridized carbons (Fsp3) is 0.200. The quantitative estimate of drug-likeness (QED) is 0.608. The molecule has 0 aliphatic carbocycles. The van der Waals surface area contributed by atoms with Crippen molar-refractivity contribution in [2.24, 2.45) is 5.73 Å². The molecule has 0 saturated heterocycles. The topological polar surface area (TPSA) is 66.5 Å². The third-order valence-corrected chi connectivity index (χ3v) is 1.93. The first-order valence-electron chi connectivity index (χ1n) is 4.00. The Labute approximate surface area is 77.1 Å². The summed E-state index contributed by atoms with van der Waals surface area (Å²) in [6.07, 6.45) is 1.54. The number of aromatic hydroxyl groups is 1. The molecule has 0 amide bonds. The highest BCUT2D eigenvalue weighted by molar-refractivity contribution is 5.42. The Bertz CT molecular complexity index is 310. The van der Waals surface area contributed by atoms with E-state index >= 15 is 0 Å². The normalized spacial score (nSPS) is 12.5. The van der Waals surface area contributed by atoms with E-state index in [0.29, 0.717) is 11.1 Å². The zero-order valence-corrected chi connectivity index (χ0v) is 7.27. The molecule has 3 nitrogen and oxygen atoms in total. The highest BCUT2D eigenvalue weighted by atomic mass is 16.3. The Balaban J connectivity index is 3.14. The molecule has 0 saturated carbocycles. The van der Waals surface area contributed by atoms with Gasteiger partial charge in [-0.05, 0) is 0 Å². The minimum Gasteiger partial charge on any atom is -0.507 e. The number of rotatable bonds is 3. The lowest BCUT2D eigenvalue weighted by molar-refractivity contribution is 0.275. The predicted octanol–water partition coefficient (Wildman–Crippen LogP) is 1.07. The molecule has 1 aromatic rings. The van der Waals surface area contributed by atoms with E-state index in [2.05, 4.69) is 6.58 Å². The fourth-order valence-electron chi connectivity index (χ4n) is 1.13. The Morgan fingerprint density at radius 3 is 2.77 bits per heavy atom. The number of aliphatic hydroxyl groups is 1. The van der Waals surface area contributed by atoms with E-state index in [1.165, 1.54) is 6.08 Å². The Morgan fingerprint density at radius 1 is 1.54 bits per heavy atom. The molecule has 0 heterocycles. The number of benzene rings is 1. The second kappa shape index (κ2) is 4.07. The summed E-state index contributed by atoms with van der Waals surface area (Å²) in [6, 6.07) is 4.70. The summed E-state index contributed by atoms with van der Waals surface area (Å²) in [5, 5.41) is 18.5. The number of hydrogen-bond acceptors (Lipinski definition) is 3. The molecule has 70 valence electrons. The number of para-hydroxylation sites is 1. The van der Waals surface area contributed by atoms with Crippen molar-refractivity contribution < 1.29 is 10.2 Å². The third-order valence-electron chi connectivity index (χ3n) is 1.93.